The van der Waals surface area contributed by atoms with Gasteiger partial charge in [-0.05, 0) is 38.2 Å². The van der Waals surface area contributed by atoms with E-state index >= 15 is 0 Å². The monoisotopic (exact) mass is 375 g/mol. The fourth-order valence-corrected chi connectivity index (χ4v) is 5.00. The summed E-state index contributed by atoms with van der Waals surface area (Å²) in [4.78, 5) is 21.2. The van der Waals surface area contributed by atoms with E-state index in [0.29, 0.717) is 5.75 Å². The molecule has 4 rings (SSSR count). The van der Waals surface area contributed by atoms with E-state index in [1.54, 1.807) is 17.7 Å². The van der Waals surface area contributed by atoms with Gasteiger partial charge in [-0.15, -0.1) is 21.5 Å². The van der Waals surface area contributed by atoms with Crippen LogP contribution in [0.4, 0.5) is 0 Å². The maximum absolute atomic E-state index is 12.4. The number of hydrogen-bond donors (Lipinski definition) is 0. The third kappa shape index (κ3) is 3.01. The number of nitrogens with zero attached hydrogens (tertiary/aromatic N) is 5. The molecule has 0 radical (unpaired) electrons. The Bertz CT molecular complexity index is 939. The van der Waals surface area contributed by atoms with E-state index < -0.39 is 0 Å². The zero-order valence-corrected chi connectivity index (χ0v) is 16.3. The van der Waals surface area contributed by atoms with E-state index in [1.165, 1.54) is 22.2 Å². The second kappa shape index (κ2) is 6.57. The van der Waals surface area contributed by atoms with Crippen LogP contribution in [0.25, 0.3) is 15.9 Å². The SMILES string of the molecule is Cc1sc2ncn3c(SCC(=O)N4CCC(C)CC4)nnc3c2c1C. The van der Waals surface area contributed by atoms with Gasteiger partial charge < -0.3 is 4.90 Å². The fourth-order valence-electron chi connectivity index (χ4n) is 3.20. The van der Waals surface area contributed by atoms with Gasteiger partial charge in [0.15, 0.2) is 10.8 Å². The average molecular weight is 376 g/mol. The third-order valence-electron chi connectivity index (χ3n) is 5.01. The number of amides is 1. The molecule has 6 nitrogen and oxygen atoms in total. The summed E-state index contributed by atoms with van der Waals surface area (Å²) in [5.41, 5.74) is 2.04. The molecule has 0 aromatic carbocycles. The number of rotatable bonds is 3. The molecule has 1 amide bonds. The van der Waals surface area contributed by atoms with Gasteiger partial charge in [-0.3, -0.25) is 9.20 Å². The van der Waals surface area contributed by atoms with Crippen molar-refractivity contribution in [1.29, 1.82) is 0 Å². The maximum atomic E-state index is 12.4. The second-order valence-corrected chi connectivity index (χ2v) is 8.88. The number of likely N-dealkylation sites (tertiary alicyclic amines) is 1. The van der Waals surface area contributed by atoms with E-state index in [1.807, 2.05) is 9.30 Å². The van der Waals surface area contributed by atoms with Crippen LogP contribution in [0, 0.1) is 19.8 Å². The number of thiophene rings is 1. The lowest BCUT2D eigenvalue weighted by Gasteiger charge is -2.30. The standard InChI is InChI=1S/C17H21N5OS2/c1-10-4-6-21(7-5-10)13(23)8-24-17-20-19-15-14-11(2)12(3)25-16(14)18-9-22(15)17/h9-10H,4-8H2,1-3H3. The van der Waals surface area contributed by atoms with Crippen LogP contribution in [-0.4, -0.2) is 49.2 Å². The predicted octanol–water partition coefficient (Wildman–Crippen LogP) is 3.31. The van der Waals surface area contributed by atoms with Gasteiger partial charge >= 0.3 is 0 Å². The van der Waals surface area contributed by atoms with Gasteiger partial charge in [0.05, 0.1) is 11.1 Å². The summed E-state index contributed by atoms with van der Waals surface area (Å²) < 4.78 is 1.90. The molecule has 0 spiro atoms. The molecule has 25 heavy (non-hydrogen) atoms. The Labute approximate surface area is 154 Å². The second-order valence-electron chi connectivity index (χ2n) is 6.74. The van der Waals surface area contributed by atoms with E-state index in [9.17, 15) is 4.79 Å². The third-order valence-corrected chi connectivity index (χ3v) is 7.05. The molecule has 1 aliphatic heterocycles. The van der Waals surface area contributed by atoms with Crippen molar-refractivity contribution >= 4 is 44.9 Å². The zero-order valence-electron chi connectivity index (χ0n) is 14.7. The van der Waals surface area contributed by atoms with Crippen molar-refractivity contribution < 1.29 is 4.79 Å². The Morgan fingerprint density at radius 3 is 2.84 bits per heavy atom. The Balaban J connectivity index is 1.54. The molecule has 0 saturated carbocycles. The topological polar surface area (TPSA) is 63.4 Å². The van der Waals surface area contributed by atoms with Crippen molar-refractivity contribution in [1.82, 2.24) is 24.5 Å². The first-order valence-electron chi connectivity index (χ1n) is 8.54. The highest BCUT2D eigenvalue weighted by Gasteiger charge is 2.21. The molecule has 1 saturated heterocycles. The van der Waals surface area contributed by atoms with Gasteiger partial charge in [0.1, 0.15) is 11.2 Å². The number of aromatic nitrogens is 4. The van der Waals surface area contributed by atoms with Crippen LogP contribution < -0.4 is 0 Å². The Morgan fingerprint density at radius 2 is 2.08 bits per heavy atom. The van der Waals surface area contributed by atoms with Crippen LogP contribution in [0.5, 0.6) is 0 Å². The lowest BCUT2D eigenvalue weighted by molar-refractivity contribution is -0.129. The Morgan fingerprint density at radius 1 is 1.32 bits per heavy atom. The highest BCUT2D eigenvalue weighted by atomic mass is 32.2. The number of carbonyl (C=O) groups excluding carboxylic acids is 1. The Hall–Kier alpha value is -1.67. The normalized spacial score (nSPS) is 16.2. The first-order valence-corrected chi connectivity index (χ1v) is 10.3. The molecule has 0 unspecified atom stereocenters. The molecule has 1 aliphatic rings. The molecule has 0 atom stereocenters. The lowest BCUT2D eigenvalue weighted by Crippen LogP contribution is -2.38. The summed E-state index contributed by atoms with van der Waals surface area (Å²) in [6, 6.07) is 0. The number of carbonyl (C=O) groups is 1. The molecule has 3 aromatic heterocycles. The van der Waals surface area contributed by atoms with Crippen LogP contribution in [0.1, 0.15) is 30.2 Å². The van der Waals surface area contributed by atoms with Crippen molar-refractivity contribution in [2.75, 3.05) is 18.8 Å². The molecule has 0 aliphatic carbocycles. The van der Waals surface area contributed by atoms with Gasteiger partial charge in [0, 0.05) is 18.0 Å². The van der Waals surface area contributed by atoms with Crippen LogP contribution in [-0.2, 0) is 4.79 Å². The molecule has 0 N–H and O–H groups in total. The summed E-state index contributed by atoms with van der Waals surface area (Å²) in [5, 5.41) is 10.4. The number of aryl methyl sites for hydroxylation is 2. The van der Waals surface area contributed by atoms with Crippen LogP contribution >= 0.6 is 23.1 Å². The van der Waals surface area contributed by atoms with Crippen LogP contribution in [0.2, 0.25) is 0 Å². The van der Waals surface area contributed by atoms with Crippen LogP contribution in [0.3, 0.4) is 0 Å². The van der Waals surface area contributed by atoms with E-state index in [0.717, 1.165) is 52.9 Å². The van der Waals surface area contributed by atoms with Crippen molar-refractivity contribution in [3.8, 4) is 0 Å². The summed E-state index contributed by atoms with van der Waals surface area (Å²) in [6.45, 7) is 8.19. The highest BCUT2D eigenvalue weighted by molar-refractivity contribution is 7.99. The first-order chi connectivity index (χ1) is 12.0. The van der Waals surface area contributed by atoms with Crippen molar-refractivity contribution in [3.05, 3.63) is 16.8 Å². The largest absolute Gasteiger partial charge is 0.342 e. The lowest BCUT2D eigenvalue weighted by atomic mass is 9.99. The number of thioether (sulfide) groups is 1. The highest BCUT2D eigenvalue weighted by Crippen LogP contribution is 2.32. The van der Waals surface area contributed by atoms with Gasteiger partial charge in [0.25, 0.3) is 0 Å². The molecule has 4 heterocycles. The molecule has 0 bridgehead atoms. The predicted molar refractivity (Wildman–Crippen MR) is 101 cm³/mol. The number of hydrogen-bond acceptors (Lipinski definition) is 6. The molecule has 3 aromatic rings. The van der Waals surface area contributed by atoms with E-state index in [4.69, 9.17) is 0 Å². The van der Waals surface area contributed by atoms with Crippen LogP contribution in [0.15, 0.2) is 11.5 Å². The van der Waals surface area contributed by atoms with Crippen molar-refractivity contribution in [3.63, 3.8) is 0 Å². The molecule has 8 heteroatoms. The summed E-state index contributed by atoms with van der Waals surface area (Å²) >= 11 is 3.12. The smallest absolute Gasteiger partial charge is 0.233 e. The molecule has 132 valence electrons. The summed E-state index contributed by atoms with van der Waals surface area (Å²) in [5.74, 6) is 1.31. The van der Waals surface area contributed by atoms with E-state index in [-0.39, 0.29) is 5.91 Å². The maximum Gasteiger partial charge on any atom is 0.233 e. The minimum atomic E-state index is 0.185. The quantitative estimate of drug-likeness (QED) is 0.657. The minimum absolute atomic E-state index is 0.185. The summed E-state index contributed by atoms with van der Waals surface area (Å²) in [6.07, 6.45) is 3.97. The van der Waals surface area contributed by atoms with Gasteiger partial charge in [-0.25, -0.2) is 4.98 Å². The van der Waals surface area contributed by atoms with Gasteiger partial charge in [0.2, 0.25) is 5.91 Å². The Kier molecular flexibility index (Phi) is 4.41. The van der Waals surface area contributed by atoms with Gasteiger partial charge in [-0.2, -0.15) is 0 Å². The number of piperidine rings is 1. The first kappa shape index (κ1) is 16.8. The fraction of sp³-hybridized carbons (Fsp3) is 0.529. The molecular formula is C17H21N5OS2. The van der Waals surface area contributed by atoms with E-state index in [2.05, 4.69) is 36.0 Å². The minimum Gasteiger partial charge on any atom is -0.342 e. The van der Waals surface area contributed by atoms with Crippen molar-refractivity contribution in [2.45, 2.75) is 38.8 Å². The average Bonchev–Trinajstić information content (AvgIpc) is 3.14. The van der Waals surface area contributed by atoms with Gasteiger partial charge in [-0.1, -0.05) is 18.7 Å². The summed E-state index contributed by atoms with van der Waals surface area (Å²) in [7, 11) is 0. The number of fused-ring (bicyclic) bond motifs is 3. The van der Waals surface area contributed by atoms with Crippen molar-refractivity contribution in [2.24, 2.45) is 5.92 Å². The molecule has 1 fully saturated rings. The molecular weight excluding hydrogens is 354 g/mol. The zero-order chi connectivity index (χ0) is 17.6.